The quantitative estimate of drug-likeness (QED) is 0.875. The van der Waals surface area contributed by atoms with E-state index in [4.69, 9.17) is 0 Å². The van der Waals surface area contributed by atoms with Crippen molar-refractivity contribution in [2.24, 2.45) is 0 Å². The molecule has 4 heteroatoms. The van der Waals surface area contributed by atoms with Gasteiger partial charge in [-0.2, -0.15) is 11.3 Å². The van der Waals surface area contributed by atoms with Gasteiger partial charge in [0.2, 0.25) is 0 Å². The Morgan fingerprint density at radius 3 is 2.50 bits per heavy atom. The van der Waals surface area contributed by atoms with Crippen molar-refractivity contribution in [1.29, 1.82) is 0 Å². The van der Waals surface area contributed by atoms with E-state index in [9.17, 15) is 8.78 Å². The van der Waals surface area contributed by atoms with Gasteiger partial charge in [-0.1, -0.05) is 6.07 Å². The SMILES string of the molecule is CNC(Cc1ccsc1)Cc1ccc(F)c(F)c1. The first-order valence-electron chi connectivity index (χ1n) is 5.81. The molecule has 18 heavy (non-hydrogen) atoms. The van der Waals surface area contributed by atoms with Crippen LogP contribution in [0, 0.1) is 11.6 Å². The maximum atomic E-state index is 13.1. The lowest BCUT2D eigenvalue weighted by molar-refractivity contribution is 0.503. The van der Waals surface area contributed by atoms with Crippen LogP contribution in [0.4, 0.5) is 8.78 Å². The van der Waals surface area contributed by atoms with Crippen molar-refractivity contribution in [3.8, 4) is 0 Å². The van der Waals surface area contributed by atoms with E-state index in [0.717, 1.165) is 12.0 Å². The molecule has 1 nitrogen and oxygen atoms in total. The lowest BCUT2D eigenvalue weighted by Gasteiger charge is -2.15. The molecule has 2 rings (SSSR count). The minimum absolute atomic E-state index is 0.226. The first kappa shape index (κ1) is 13.2. The average Bonchev–Trinajstić information content (AvgIpc) is 2.86. The number of benzene rings is 1. The van der Waals surface area contributed by atoms with E-state index >= 15 is 0 Å². The third-order valence-corrected chi connectivity index (χ3v) is 3.67. The monoisotopic (exact) mass is 267 g/mol. The summed E-state index contributed by atoms with van der Waals surface area (Å²) < 4.78 is 26.0. The summed E-state index contributed by atoms with van der Waals surface area (Å²) in [5, 5.41) is 7.36. The van der Waals surface area contributed by atoms with Crippen LogP contribution in [0.15, 0.2) is 35.0 Å². The Morgan fingerprint density at radius 1 is 1.11 bits per heavy atom. The van der Waals surface area contributed by atoms with Crippen molar-refractivity contribution in [2.45, 2.75) is 18.9 Å². The molecule has 0 radical (unpaired) electrons. The lowest BCUT2D eigenvalue weighted by atomic mass is 10.0. The molecular weight excluding hydrogens is 252 g/mol. The van der Waals surface area contributed by atoms with E-state index in [-0.39, 0.29) is 6.04 Å². The maximum Gasteiger partial charge on any atom is 0.159 e. The summed E-state index contributed by atoms with van der Waals surface area (Å²) in [6, 6.07) is 6.40. The highest BCUT2D eigenvalue weighted by molar-refractivity contribution is 7.07. The Bertz CT molecular complexity index is 497. The molecule has 1 aromatic heterocycles. The highest BCUT2D eigenvalue weighted by Gasteiger charge is 2.10. The van der Waals surface area contributed by atoms with Gasteiger partial charge < -0.3 is 5.32 Å². The molecule has 1 aromatic carbocycles. The number of rotatable bonds is 5. The van der Waals surface area contributed by atoms with Gasteiger partial charge in [0, 0.05) is 6.04 Å². The largest absolute Gasteiger partial charge is 0.316 e. The van der Waals surface area contributed by atoms with E-state index in [1.54, 1.807) is 17.4 Å². The molecular formula is C14H15F2NS. The van der Waals surface area contributed by atoms with E-state index in [2.05, 4.69) is 16.8 Å². The van der Waals surface area contributed by atoms with Crippen LogP contribution in [0.25, 0.3) is 0 Å². The van der Waals surface area contributed by atoms with Crippen LogP contribution in [-0.4, -0.2) is 13.1 Å². The second kappa shape index (κ2) is 6.07. The predicted octanol–water partition coefficient (Wildman–Crippen LogP) is 3.40. The molecule has 0 saturated carbocycles. The summed E-state index contributed by atoms with van der Waals surface area (Å²) in [6.45, 7) is 0. The van der Waals surface area contributed by atoms with Crippen LogP contribution in [0.2, 0.25) is 0 Å². The van der Waals surface area contributed by atoms with Crippen LogP contribution >= 0.6 is 11.3 Å². The van der Waals surface area contributed by atoms with Crippen LogP contribution in [-0.2, 0) is 12.8 Å². The number of halogens is 2. The number of likely N-dealkylation sites (N-methyl/N-ethyl adjacent to an activating group) is 1. The minimum Gasteiger partial charge on any atom is -0.316 e. The van der Waals surface area contributed by atoms with Crippen LogP contribution in [0.3, 0.4) is 0 Å². The van der Waals surface area contributed by atoms with Gasteiger partial charge in [0.15, 0.2) is 11.6 Å². The first-order chi connectivity index (χ1) is 8.69. The smallest absolute Gasteiger partial charge is 0.159 e. The zero-order valence-corrected chi connectivity index (χ0v) is 10.9. The van der Waals surface area contributed by atoms with E-state index in [1.165, 1.54) is 17.7 Å². The summed E-state index contributed by atoms with van der Waals surface area (Å²) >= 11 is 1.67. The van der Waals surface area contributed by atoms with Gasteiger partial charge >= 0.3 is 0 Å². The molecule has 1 unspecified atom stereocenters. The maximum absolute atomic E-state index is 13.1. The number of nitrogens with one attached hydrogen (secondary N) is 1. The Morgan fingerprint density at radius 2 is 1.89 bits per heavy atom. The van der Waals surface area contributed by atoms with Gasteiger partial charge in [0.25, 0.3) is 0 Å². The molecule has 0 aliphatic heterocycles. The predicted molar refractivity (Wildman–Crippen MR) is 70.9 cm³/mol. The zero-order valence-electron chi connectivity index (χ0n) is 10.1. The topological polar surface area (TPSA) is 12.0 Å². The van der Waals surface area contributed by atoms with Gasteiger partial charge in [0.05, 0.1) is 0 Å². The normalized spacial score (nSPS) is 12.6. The van der Waals surface area contributed by atoms with Crippen LogP contribution in [0.1, 0.15) is 11.1 Å². The number of thiophene rings is 1. The Labute approximate surface area is 109 Å². The third kappa shape index (κ3) is 3.37. The lowest BCUT2D eigenvalue weighted by Crippen LogP contribution is -2.29. The van der Waals surface area contributed by atoms with Gasteiger partial charge in [0.1, 0.15) is 0 Å². The van der Waals surface area contributed by atoms with Crippen molar-refractivity contribution >= 4 is 11.3 Å². The third-order valence-electron chi connectivity index (χ3n) is 2.94. The standard InChI is InChI=1S/C14H15F2NS/c1-17-12(7-11-4-5-18-9-11)6-10-2-3-13(15)14(16)8-10/h2-5,8-9,12,17H,6-7H2,1H3. The highest BCUT2D eigenvalue weighted by atomic mass is 32.1. The van der Waals surface area contributed by atoms with Crippen LogP contribution < -0.4 is 5.32 Å². The summed E-state index contributed by atoms with van der Waals surface area (Å²) in [7, 11) is 1.89. The second-order valence-electron chi connectivity index (χ2n) is 4.27. The molecule has 0 aliphatic rings. The molecule has 1 N–H and O–H groups in total. The summed E-state index contributed by atoms with van der Waals surface area (Å²) in [4.78, 5) is 0. The van der Waals surface area contributed by atoms with Crippen molar-refractivity contribution in [1.82, 2.24) is 5.32 Å². The Hall–Kier alpha value is -1.26. The van der Waals surface area contributed by atoms with Crippen molar-refractivity contribution in [2.75, 3.05) is 7.05 Å². The molecule has 0 fully saturated rings. The van der Waals surface area contributed by atoms with Gasteiger partial charge in [-0.3, -0.25) is 0 Å². The Kier molecular flexibility index (Phi) is 4.44. The second-order valence-corrected chi connectivity index (χ2v) is 5.05. The molecule has 0 saturated heterocycles. The Balaban J connectivity index is 2.03. The molecule has 96 valence electrons. The number of hydrogen-bond acceptors (Lipinski definition) is 2. The number of hydrogen-bond donors (Lipinski definition) is 1. The van der Waals surface area contributed by atoms with E-state index in [0.29, 0.717) is 6.42 Å². The fraction of sp³-hybridized carbons (Fsp3) is 0.286. The van der Waals surface area contributed by atoms with Crippen molar-refractivity contribution in [3.63, 3.8) is 0 Å². The van der Waals surface area contributed by atoms with Crippen molar-refractivity contribution < 1.29 is 8.78 Å². The van der Waals surface area contributed by atoms with E-state index < -0.39 is 11.6 Å². The molecule has 1 atom stereocenters. The fourth-order valence-electron chi connectivity index (χ4n) is 1.92. The molecule has 0 spiro atoms. The van der Waals surface area contributed by atoms with Gasteiger partial charge in [-0.05, 0) is 60.0 Å². The fourth-order valence-corrected chi connectivity index (χ4v) is 2.60. The summed E-state index contributed by atoms with van der Waals surface area (Å²) in [5.41, 5.74) is 2.07. The molecule has 0 bridgehead atoms. The molecule has 0 aliphatic carbocycles. The molecule has 0 amide bonds. The molecule has 2 aromatic rings. The van der Waals surface area contributed by atoms with Crippen molar-refractivity contribution in [3.05, 3.63) is 57.8 Å². The first-order valence-corrected chi connectivity index (χ1v) is 6.75. The highest BCUT2D eigenvalue weighted by Crippen LogP contribution is 2.14. The average molecular weight is 267 g/mol. The summed E-state index contributed by atoms with van der Waals surface area (Å²) in [6.07, 6.45) is 1.57. The zero-order chi connectivity index (χ0) is 13.0. The minimum atomic E-state index is -0.794. The van der Waals surface area contributed by atoms with Gasteiger partial charge in [-0.15, -0.1) is 0 Å². The van der Waals surface area contributed by atoms with E-state index in [1.807, 2.05) is 12.4 Å². The van der Waals surface area contributed by atoms with Gasteiger partial charge in [-0.25, -0.2) is 8.78 Å². The summed E-state index contributed by atoms with van der Waals surface area (Å²) in [5.74, 6) is -1.57. The van der Waals surface area contributed by atoms with Crippen LogP contribution in [0.5, 0.6) is 0 Å². The molecule has 1 heterocycles.